The van der Waals surface area contributed by atoms with E-state index >= 15 is 0 Å². The number of rotatable bonds is 7. The van der Waals surface area contributed by atoms with Gasteiger partial charge in [-0.3, -0.25) is 4.79 Å². The molecule has 0 aliphatic carbocycles. The van der Waals surface area contributed by atoms with E-state index in [-0.39, 0.29) is 34.5 Å². The van der Waals surface area contributed by atoms with Gasteiger partial charge >= 0.3 is 5.97 Å². The third kappa shape index (κ3) is 4.24. The summed E-state index contributed by atoms with van der Waals surface area (Å²) in [6.45, 7) is 1.46. The third-order valence-corrected chi connectivity index (χ3v) is 5.19. The maximum atomic E-state index is 13.1. The molecule has 8 nitrogen and oxygen atoms in total. The summed E-state index contributed by atoms with van der Waals surface area (Å²) in [4.78, 5) is 23.5. The van der Waals surface area contributed by atoms with Gasteiger partial charge in [0.15, 0.2) is 0 Å². The van der Waals surface area contributed by atoms with Gasteiger partial charge in [-0.2, -0.15) is 0 Å². The number of halogens is 1. The van der Waals surface area contributed by atoms with Crippen LogP contribution < -0.4 is 5.32 Å². The van der Waals surface area contributed by atoms with Gasteiger partial charge in [0, 0.05) is 18.3 Å². The minimum absolute atomic E-state index is 0.0139. The quantitative estimate of drug-likeness (QED) is 0.714. The van der Waals surface area contributed by atoms with Crippen LogP contribution in [-0.4, -0.2) is 44.6 Å². The zero-order chi connectivity index (χ0) is 19.3. The van der Waals surface area contributed by atoms with Gasteiger partial charge in [0.2, 0.25) is 5.91 Å². The fourth-order valence-electron chi connectivity index (χ4n) is 2.17. The summed E-state index contributed by atoms with van der Waals surface area (Å²) >= 11 is 5.93. The molecule has 0 spiro atoms. The van der Waals surface area contributed by atoms with E-state index in [0.717, 1.165) is 3.97 Å². The van der Waals surface area contributed by atoms with Gasteiger partial charge in [0.05, 0.1) is 12.3 Å². The fraction of sp³-hybridized carbons (Fsp3) is 0.250. The van der Waals surface area contributed by atoms with Gasteiger partial charge in [-0.25, -0.2) is 17.2 Å². The second-order valence-electron chi connectivity index (χ2n) is 5.04. The van der Waals surface area contributed by atoms with Crippen molar-refractivity contribution in [3.05, 3.63) is 47.2 Å². The molecule has 140 valence electrons. The predicted molar refractivity (Wildman–Crippen MR) is 94.9 cm³/mol. The van der Waals surface area contributed by atoms with Crippen molar-refractivity contribution in [2.75, 3.05) is 25.6 Å². The van der Waals surface area contributed by atoms with Crippen molar-refractivity contribution < 1.29 is 27.5 Å². The van der Waals surface area contributed by atoms with E-state index in [1.54, 1.807) is 6.92 Å². The molecule has 10 heteroatoms. The van der Waals surface area contributed by atoms with E-state index in [1.807, 2.05) is 0 Å². The molecule has 2 rings (SSSR count). The summed E-state index contributed by atoms with van der Waals surface area (Å²) in [5.41, 5.74) is -0.152. The SMILES string of the molecule is CCOC(=O)c1cccn1S(=O)(=O)c1cc(Cl)ccc1NC(=O)COC. The van der Waals surface area contributed by atoms with Gasteiger partial charge < -0.3 is 14.8 Å². The lowest BCUT2D eigenvalue weighted by Gasteiger charge is -2.14. The molecule has 1 aromatic carbocycles. The number of nitrogens with zero attached hydrogens (tertiary/aromatic N) is 1. The lowest BCUT2D eigenvalue weighted by atomic mass is 10.3. The van der Waals surface area contributed by atoms with Crippen molar-refractivity contribution in [1.82, 2.24) is 3.97 Å². The smallest absolute Gasteiger partial charge is 0.355 e. The Kier molecular flexibility index (Phi) is 6.41. The molecular weight excluding hydrogens is 384 g/mol. The molecule has 0 radical (unpaired) electrons. The summed E-state index contributed by atoms with van der Waals surface area (Å²) in [6.07, 6.45) is 1.21. The predicted octanol–water partition coefficient (Wildman–Crippen LogP) is 2.14. The van der Waals surface area contributed by atoms with Crippen molar-refractivity contribution in [2.45, 2.75) is 11.8 Å². The number of ether oxygens (including phenoxy) is 2. The van der Waals surface area contributed by atoms with Crippen LogP contribution in [0.2, 0.25) is 5.02 Å². The van der Waals surface area contributed by atoms with Crippen LogP contribution in [-0.2, 0) is 24.3 Å². The number of esters is 1. The van der Waals surface area contributed by atoms with Crippen molar-refractivity contribution in [1.29, 1.82) is 0 Å². The number of carbonyl (C=O) groups is 2. The highest BCUT2D eigenvalue weighted by atomic mass is 35.5. The lowest BCUT2D eigenvalue weighted by Crippen LogP contribution is -2.23. The molecular formula is C16H17ClN2O6S. The molecule has 2 aromatic rings. The van der Waals surface area contributed by atoms with Gasteiger partial charge in [0.1, 0.15) is 17.2 Å². The number of anilines is 1. The first-order valence-corrected chi connectivity index (χ1v) is 9.31. The Morgan fingerprint density at radius 2 is 2.00 bits per heavy atom. The van der Waals surface area contributed by atoms with Crippen molar-refractivity contribution >= 4 is 39.2 Å². The molecule has 0 unspecified atom stereocenters. The molecule has 1 heterocycles. The molecule has 26 heavy (non-hydrogen) atoms. The summed E-state index contributed by atoms with van der Waals surface area (Å²) < 4.78 is 36.5. The number of methoxy groups -OCH3 is 1. The van der Waals surface area contributed by atoms with Crippen LogP contribution >= 0.6 is 11.6 Å². The van der Waals surface area contributed by atoms with E-state index < -0.39 is 21.9 Å². The van der Waals surface area contributed by atoms with Gasteiger partial charge in [-0.05, 0) is 37.3 Å². The van der Waals surface area contributed by atoms with Crippen molar-refractivity contribution in [2.24, 2.45) is 0 Å². The van der Waals surface area contributed by atoms with Gasteiger partial charge in [-0.1, -0.05) is 11.6 Å². The van der Waals surface area contributed by atoms with Crippen molar-refractivity contribution in [3.63, 3.8) is 0 Å². The number of hydrogen-bond donors (Lipinski definition) is 1. The summed E-state index contributed by atoms with van der Waals surface area (Å²) in [5.74, 6) is -1.32. The highest BCUT2D eigenvalue weighted by Crippen LogP contribution is 2.28. The van der Waals surface area contributed by atoms with E-state index in [9.17, 15) is 18.0 Å². The lowest BCUT2D eigenvalue weighted by molar-refractivity contribution is -0.119. The Bertz CT molecular complexity index is 923. The number of carbonyl (C=O) groups excluding carboxylic acids is 2. The third-order valence-electron chi connectivity index (χ3n) is 3.23. The van der Waals surface area contributed by atoms with E-state index in [2.05, 4.69) is 5.32 Å². The molecule has 0 aliphatic heterocycles. The minimum Gasteiger partial charge on any atom is -0.461 e. The molecule has 0 saturated carbocycles. The zero-order valence-corrected chi connectivity index (χ0v) is 15.6. The maximum Gasteiger partial charge on any atom is 0.355 e. The molecule has 0 fully saturated rings. The van der Waals surface area contributed by atoms with Crippen molar-refractivity contribution in [3.8, 4) is 0 Å². The fourth-order valence-corrected chi connectivity index (χ4v) is 3.92. The number of benzene rings is 1. The molecule has 0 saturated heterocycles. The second-order valence-corrected chi connectivity index (χ2v) is 7.26. The first-order chi connectivity index (χ1) is 12.3. The number of aromatic nitrogens is 1. The molecule has 0 atom stereocenters. The van der Waals surface area contributed by atoms with Gasteiger partial charge in [0.25, 0.3) is 10.0 Å². The minimum atomic E-state index is -4.23. The zero-order valence-electron chi connectivity index (χ0n) is 14.1. The van der Waals surface area contributed by atoms with Crippen LogP contribution in [0.5, 0.6) is 0 Å². The summed E-state index contributed by atoms with van der Waals surface area (Å²) in [7, 11) is -2.89. The highest BCUT2D eigenvalue weighted by molar-refractivity contribution is 7.90. The number of nitrogens with one attached hydrogen (secondary N) is 1. The van der Waals surface area contributed by atoms with Crippen LogP contribution in [0.3, 0.4) is 0 Å². The first-order valence-electron chi connectivity index (χ1n) is 7.49. The van der Waals surface area contributed by atoms with Crippen LogP contribution in [0.15, 0.2) is 41.4 Å². The normalized spacial score (nSPS) is 11.2. The summed E-state index contributed by atoms with van der Waals surface area (Å²) in [5, 5.41) is 2.60. The first kappa shape index (κ1) is 20.0. The Morgan fingerprint density at radius 1 is 1.27 bits per heavy atom. The average molecular weight is 401 g/mol. The monoisotopic (exact) mass is 400 g/mol. The molecule has 1 amide bonds. The van der Waals surface area contributed by atoms with Crippen LogP contribution in [0.25, 0.3) is 0 Å². The number of hydrogen-bond acceptors (Lipinski definition) is 6. The Balaban J connectivity index is 2.53. The second kappa shape index (κ2) is 8.35. The topological polar surface area (TPSA) is 104 Å². The largest absolute Gasteiger partial charge is 0.461 e. The van der Waals surface area contributed by atoms with Crippen LogP contribution in [0.1, 0.15) is 17.4 Å². The maximum absolute atomic E-state index is 13.1. The Morgan fingerprint density at radius 3 is 2.65 bits per heavy atom. The molecule has 1 aromatic heterocycles. The highest BCUT2D eigenvalue weighted by Gasteiger charge is 2.27. The number of amides is 1. The van der Waals surface area contributed by atoms with E-state index in [4.69, 9.17) is 21.1 Å². The van der Waals surface area contributed by atoms with Crippen LogP contribution in [0, 0.1) is 0 Å². The standard InChI is InChI=1S/C16H17ClN2O6S/c1-3-25-16(21)13-5-4-8-19(13)26(22,23)14-9-11(17)6-7-12(14)18-15(20)10-24-2/h4-9H,3,10H2,1-2H3,(H,18,20). The van der Waals surface area contributed by atoms with Crippen LogP contribution in [0.4, 0.5) is 5.69 Å². The average Bonchev–Trinajstić information content (AvgIpc) is 3.07. The Hall–Kier alpha value is -2.36. The molecule has 0 bridgehead atoms. The Labute approximate surface area is 155 Å². The summed E-state index contributed by atoms with van der Waals surface area (Å²) in [6, 6.07) is 6.70. The van der Waals surface area contributed by atoms with E-state index in [1.165, 1.54) is 43.6 Å². The molecule has 0 aliphatic rings. The molecule has 1 N–H and O–H groups in total. The van der Waals surface area contributed by atoms with E-state index in [0.29, 0.717) is 0 Å². The van der Waals surface area contributed by atoms with Gasteiger partial charge in [-0.15, -0.1) is 0 Å².